The van der Waals surface area contributed by atoms with Gasteiger partial charge in [0.15, 0.2) is 0 Å². The molecule has 10 aromatic carbocycles. The van der Waals surface area contributed by atoms with E-state index in [9.17, 15) is 0 Å². The molecule has 290 valence electrons. The molecule has 13 aromatic rings. The molecule has 62 heavy (non-hydrogen) atoms. The Balaban J connectivity index is 1.10. The van der Waals surface area contributed by atoms with Gasteiger partial charge in [-0.15, -0.1) is 11.3 Å². The largest absolute Gasteiger partial charge is 0.456 e. The molecule has 13 rings (SSSR count). The van der Waals surface area contributed by atoms with Crippen molar-refractivity contribution in [1.29, 1.82) is 0 Å². The van der Waals surface area contributed by atoms with Crippen molar-refractivity contribution in [1.82, 2.24) is 0 Å². The summed E-state index contributed by atoms with van der Waals surface area (Å²) in [5.41, 5.74) is 13.6. The van der Waals surface area contributed by atoms with Crippen LogP contribution in [-0.2, 0) is 0 Å². The molecular weight excluding hydrogens is 775 g/mol. The molecule has 0 aliphatic heterocycles. The van der Waals surface area contributed by atoms with Crippen LogP contribution in [0.2, 0.25) is 0 Å². The predicted octanol–water partition coefficient (Wildman–Crippen LogP) is 17.5. The minimum atomic E-state index is 0.845. The lowest BCUT2D eigenvalue weighted by Crippen LogP contribution is -2.10. The van der Waals surface area contributed by atoms with Crippen molar-refractivity contribution in [2.45, 2.75) is 0 Å². The van der Waals surface area contributed by atoms with E-state index in [4.69, 9.17) is 8.83 Å². The summed E-state index contributed by atoms with van der Waals surface area (Å²) in [6.45, 7) is 0. The second-order valence-corrected chi connectivity index (χ2v) is 17.1. The van der Waals surface area contributed by atoms with Crippen molar-refractivity contribution in [2.24, 2.45) is 0 Å². The van der Waals surface area contributed by atoms with E-state index in [2.05, 4.69) is 205 Å². The normalized spacial score (nSPS) is 11.9. The highest BCUT2D eigenvalue weighted by Gasteiger charge is 2.25. The SMILES string of the molecule is c1ccc(-c2ccc3oc4c(c(N(c5ccc(-c6cccc7ccccc67)cc5)c5ccc6c(c5)oc5ccccc56)cc5sc6ccc(-c7ccccc7)cc6c54)c3c2)cc1. The first-order valence-electron chi connectivity index (χ1n) is 21.0. The van der Waals surface area contributed by atoms with E-state index in [-0.39, 0.29) is 0 Å². The Morgan fingerprint density at radius 3 is 1.77 bits per heavy atom. The number of furan rings is 2. The van der Waals surface area contributed by atoms with Crippen LogP contribution in [0.5, 0.6) is 0 Å². The van der Waals surface area contributed by atoms with Gasteiger partial charge in [-0.3, -0.25) is 0 Å². The first kappa shape index (κ1) is 34.9. The summed E-state index contributed by atoms with van der Waals surface area (Å²) in [4.78, 5) is 2.39. The van der Waals surface area contributed by atoms with E-state index >= 15 is 0 Å². The topological polar surface area (TPSA) is 29.5 Å². The van der Waals surface area contributed by atoms with Gasteiger partial charge in [0, 0.05) is 53.8 Å². The molecule has 3 nitrogen and oxygen atoms in total. The van der Waals surface area contributed by atoms with Gasteiger partial charge in [-0.2, -0.15) is 0 Å². The maximum absolute atomic E-state index is 7.12. The number of benzene rings is 10. The van der Waals surface area contributed by atoms with Gasteiger partial charge in [0.2, 0.25) is 0 Å². The summed E-state index contributed by atoms with van der Waals surface area (Å²) in [6, 6.07) is 76.2. The molecule has 3 heterocycles. The number of fused-ring (bicyclic) bond motifs is 11. The minimum absolute atomic E-state index is 0.845. The van der Waals surface area contributed by atoms with Crippen LogP contribution in [-0.4, -0.2) is 0 Å². The van der Waals surface area contributed by atoms with Gasteiger partial charge in [0.25, 0.3) is 0 Å². The molecule has 0 unspecified atom stereocenters. The lowest BCUT2D eigenvalue weighted by Gasteiger charge is -2.27. The standard InChI is InChI=1S/C58H35NO2S/c1-3-12-36(13-4-1)40-24-30-52-48(32-40)56-50(35-55-57(58(56)61-52)49-33-41(25-31-54(49)62-55)37-14-5-2-6-15-37)59(43-28-29-47-46-19-9-10-21-51(46)60-53(47)34-43)42-26-22-39(23-27-42)45-20-11-17-38-16-7-8-18-44(38)45/h1-35H. The number of nitrogens with zero attached hydrogens (tertiary/aromatic N) is 1. The maximum Gasteiger partial charge on any atom is 0.146 e. The molecule has 0 bridgehead atoms. The number of para-hydroxylation sites is 1. The van der Waals surface area contributed by atoms with E-state index in [1.165, 1.54) is 43.1 Å². The van der Waals surface area contributed by atoms with Gasteiger partial charge in [-0.25, -0.2) is 0 Å². The third kappa shape index (κ3) is 5.51. The Bertz CT molecular complexity index is 3850. The van der Waals surface area contributed by atoms with Crippen molar-refractivity contribution in [3.05, 3.63) is 212 Å². The van der Waals surface area contributed by atoms with Crippen LogP contribution in [0.4, 0.5) is 17.1 Å². The molecule has 0 amide bonds. The smallest absolute Gasteiger partial charge is 0.146 e. The number of thiophene rings is 1. The Labute approximate surface area is 360 Å². The third-order valence-electron chi connectivity index (χ3n) is 12.5. The number of anilines is 3. The molecular formula is C58H35NO2S. The number of hydrogen-bond acceptors (Lipinski definition) is 4. The first-order chi connectivity index (χ1) is 30.7. The fourth-order valence-electron chi connectivity index (χ4n) is 9.52. The van der Waals surface area contributed by atoms with E-state index in [0.717, 1.165) is 82.2 Å². The van der Waals surface area contributed by atoms with Crippen LogP contribution in [0.3, 0.4) is 0 Å². The van der Waals surface area contributed by atoms with Crippen molar-refractivity contribution in [3.8, 4) is 33.4 Å². The average molecular weight is 810 g/mol. The molecule has 0 fully saturated rings. The monoisotopic (exact) mass is 809 g/mol. The van der Waals surface area contributed by atoms with E-state index in [0.29, 0.717) is 0 Å². The Hall–Kier alpha value is -7.92. The highest BCUT2D eigenvalue weighted by molar-refractivity contribution is 7.26. The Morgan fingerprint density at radius 1 is 0.339 bits per heavy atom. The summed E-state index contributed by atoms with van der Waals surface area (Å²) < 4.78 is 16.1. The third-order valence-corrected chi connectivity index (χ3v) is 13.6. The maximum atomic E-state index is 7.12. The summed E-state index contributed by atoms with van der Waals surface area (Å²) in [6.07, 6.45) is 0. The fourth-order valence-corrected chi connectivity index (χ4v) is 10.6. The number of hydrogen-bond donors (Lipinski definition) is 0. The van der Waals surface area contributed by atoms with Crippen LogP contribution < -0.4 is 4.90 Å². The van der Waals surface area contributed by atoms with Crippen molar-refractivity contribution < 1.29 is 8.83 Å². The zero-order valence-electron chi connectivity index (χ0n) is 33.4. The first-order valence-corrected chi connectivity index (χ1v) is 21.8. The van der Waals surface area contributed by atoms with E-state index in [1.807, 2.05) is 23.5 Å². The second-order valence-electron chi connectivity index (χ2n) is 16.0. The summed E-state index contributed by atoms with van der Waals surface area (Å²) in [5.74, 6) is 0. The lowest BCUT2D eigenvalue weighted by molar-refractivity contribution is 0.669. The Kier molecular flexibility index (Phi) is 7.78. The summed E-state index contributed by atoms with van der Waals surface area (Å²) >= 11 is 1.81. The molecule has 0 N–H and O–H groups in total. The molecule has 0 radical (unpaired) electrons. The lowest BCUT2D eigenvalue weighted by atomic mass is 9.97. The fraction of sp³-hybridized carbons (Fsp3) is 0. The van der Waals surface area contributed by atoms with E-state index < -0.39 is 0 Å². The minimum Gasteiger partial charge on any atom is -0.456 e. The Morgan fingerprint density at radius 2 is 0.968 bits per heavy atom. The summed E-state index contributed by atoms with van der Waals surface area (Å²) in [7, 11) is 0. The van der Waals surface area contributed by atoms with Crippen molar-refractivity contribution >= 4 is 103 Å². The highest BCUT2D eigenvalue weighted by atomic mass is 32.1. The quantitative estimate of drug-likeness (QED) is 0.168. The van der Waals surface area contributed by atoms with Crippen LogP contribution in [0.15, 0.2) is 221 Å². The zero-order chi connectivity index (χ0) is 40.7. The van der Waals surface area contributed by atoms with Gasteiger partial charge in [-0.05, 0) is 105 Å². The van der Waals surface area contributed by atoms with Crippen LogP contribution in [0.1, 0.15) is 0 Å². The van der Waals surface area contributed by atoms with Crippen LogP contribution in [0.25, 0.3) is 108 Å². The number of rotatable bonds is 6. The summed E-state index contributed by atoms with van der Waals surface area (Å²) in [5, 5.41) is 9.14. The molecule has 0 atom stereocenters. The zero-order valence-corrected chi connectivity index (χ0v) is 34.2. The molecule has 0 saturated heterocycles. The highest BCUT2D eigenvalue weighted by Crippen LogP contribution is 2.51. The molecule has 3 aromatic heterocycles. The van der Waals surface area contributed by atoms with Crippen LogP contribution in [0, 0.1) is 0 Å². The van der Waals surface area contributed by atoms with Gasteiger partial charge in [0.05, 0.1) is 11.1 Å². The molecule has 0 spiro atoms. The second kappa shape index (κ2) is 13.8. The van der Waals surface area contributed by atoms with Gasteiger partial charge in [-0.1, -0.05) is 146 Å². The molecule has 0 saturated carbocycles. The van der Waals surface area contributed by atoms with Crippen molar-refractivity contribution in [3.63, 3.8) is 0 Å². The van der Waals surface area contributed by atoms with E-state index in [1.54, 1.807) is 0 Å². The van der Waals surface area contributed by atoms with Gasteiger partial charge < -0.3 is 13.7 Å². The average Bonchev–Trinajstić information content (AvgIpc) is 4.03. The van der Waals surface area contributed by atoms with Crippen LogP contribution >= 0.6 is 11.3 Å². The van der Waals surface area contributed by atoms with Gasteiger partial charge in [0.1, 0.15) is 22.3 Å². The van der Waals surface area contributed by atoms with Gasteiger partial charge >= 0.3 is 0 Å². The molecule has 4 heteroatoms. The molecule has 0 aliphatic rings. The molecule has 0 aliphatic carbocycles. The van der Waals surface area contributed by atoms with Crippen molar-refractivity contribution in [2.75, 3.05) is 4.90 Å². The predicted molar refractivity (Wildman–Crippen MR) is 262 cm³/mol.